The van der Waals surface area contributed by atoms with Crippen LogP contribution in [-0.2, 0) is 22.6 Å². The summed E-state index contributed by atoms with van der Waals surface area (Å²) in [5, 5.41) is 10.9. The SMILES string of the molecule is O=C(CCCn1c(=O)oc2cc([N+](=O)[O-])ccc21)N1CCN(C(=O)Cc2ccccn2)CC1. The number of nitro benzene ring substituents is 1. The first-order valence-corrected chi connectivity index (χ1v) is 10.7. The molecule has 0 aliphatic carbocycles. The van der Waals surface area contributed by atoms with Gasteiger partial charge in [-0.05, 0) is 24.6 Å². The van der Waals surface area contributed by atoms with E-state index in [2.05, 4.69) is 4.98 Å². The van der Waals surface area contributed by atoms with Crippen molar-refractivity contribution in [2.24, 2.45) is 0 Å². The molecular weight excluding hydrogens is 430 g/mol. The number of aryl methyl sites for hydroxylation is 1. The van der Waals surface area contributed by atoms with Gasteiger partial charge in [0.25, 0.3) is 5.69 Å². The molecule has 11 heteroatoms. The van der Waals surface area contributed by atoms with Crippen LogP contribution in [0.5, 0.6) is 0 Å². The van der Waals surface area contributed by atoms with Crippen LogP contribution in [0.3, 0.4) is 0 Å². The molecule has 0 bridgehead atoms. The normalized spacial score (nSPS) is 13.9. The number of non-ortho nitro benzene ring substituents is 1. The number of carbonyl (C=O) groups excluding carboxylic acids is 2. The van der Waals surface area contributed by atoms with Crippen LogP contribution >= 0.6 is 0 Å². The largest absolute Gasteiger partial charge is 0.419 e. The van der Waals surface area contributed by atoms with Gasteiger partial charge in [0, 0.05) is 57.1 Å². The first kappa shape index (κ1) is 22.2. The van der Waals surface area contributed by atoms with Crippen LogP contribution in [0.1, 0.15) is 18.5 Å². The molecule has 3 aromatic rings. The number of rotatable bonds is 7. The topological polar surface area (TPSA) is 132 Å². The van der Waals surface area contributed by atoms with E-state index in [1.54, 1.807) is 22.1 Å². The van der Waals surface area contributed by atoms with Crippen molar-refractivity contribution in [1.82, 2.24) is 19.4 Å². The highest BCUT2D eigenvalue weighted by Crippen LogP contribution is 2.20. The van der Waals surface area contributed by atoms with Crippen LogP contribution in [0.2, 0.25) is 0 Å². The molecule has 1 saturated heterocycles. The lowest BCUT2D eigenvalue weighted by molar-refractivity contribution is -0.384. The fourth-order valence-corrected chi connectivity index (χ4v) is 3.90. The predicted molar refractivity (Wildman–Crippen MR) is 117 cm³/mol. The highest BCUT2D eigenvalue weighted by Gasteiger charge is 2.24. The molecule has 11 nitrogen and oxygen atoms in total. The summed E-state index contributed by atoms with van der Waals surface area (Å²) in [5.74, 6) is -0.659. The van der Waals surface area contributed by atoms with Crippen molar-refractivity contribution in [2.45, 2.75) is 25.8 Å². The second-order valence-electron chi connectivity index (χ2n) is 7.79. The van der Waals surface area contributed by atoms with Gasteiger partial charge in [-0.2, -0.15) is 0 Å². The van der Waals surface area contributed by atoms with E-state index in [1.807, 2.05) is 12.1 Å². The third-order valence-corrected chi connectivity index (χ3v) is 5.68. The van der Waals surface area contributed by atoms with Gasteiger partial charge in [-0.15, -0.1) is 0 Å². The van der Waals surface area contributed by atoms with Gasteiger partial charge in [0.1, 0.15) is 0 Å². The molecule has 0 atom stereocenters. The van der Waals surface area contributed by atoms with E-state index < -0.39 is 10.7 Å². The third kappa shape index (κ3) is 5.08. The van der Waals surface area contributed by atoms with Crippen LogP contribution in [0.15, 0.2) is 51.8 Å². The molecule has 33 heavy (non-hydrogen) atoms. The van der Waals surface area contributed by atoms with Crippen molar-refractivity contribution in [3.05, 3.63) is 69.0 Å². The Morgan fingerprint density at radius 3 is 2.45 bits per heavy atom. The molecule has 4 rings (SSSR count). The number of nitro groups is 1. The number of carbonyl (C=O) groups is 2. The van der Waals surface area contributed by atoms with Gasteiger partial charge in [0.15, 0.2) is 5.58 Å². The van der Waals surface area contributed by atoms with Gasteiger partial charge in [0.2, 0.25) is 11.8 Å². The molecule has 3 heterocycles. The van der Waals surface area contributed by atoms with Gasteiger partial charge in [-0.3, -0.25) is 29.3 Å². The molecule has 0 N–H and O–H groups in total. The Labute approximate surface area is 188 Å². The smallest absolute Gasteiger partial charge is 0.407 e. The minimum atomic E-state index is -0.613. The van der Waals surface area contributed by atoms with E-state index in [1.165, 1.54) is 22.8 Å². The number of nitrogens with zero attached hydrogens (tertiary/aromatic N) is 5. The zero-order chi connectivity index (χ0) is 23.4. The summed E-state index contributed by atoms with van der Waals surface area (Å²) in [6.07, 6.45) is 2.56. The van der Waals surface area contributed by atoms with Gasteiger partial charge >= 0.3 is 5.76 Å². The number of pyridine rings is 1. The van der Waals surface area contributed by atoms with Crippen LogP contribution in [0.4, 0.5) is 5.69 Å². The van der Waals surface area contributed by atoms with Crippen LogP contribution in [-0.4, -0.2) is 62.3 Å². The number of hydrogen-bond donors (Lipinski definition) is 0. The minimum Gasteiger partial charge on any atom is -0.407 e. The molecule has 2 amide bonds. The molecule has 0 saturated carbocycles. The van der Waals surface area contributed by atoms with E-state index >= 15 is 0 Å². The minimum absolute atomic E-state index is 0.00718. The van der Waals surface area contributed by atoms with Crippen molar-refractivity contribution in [1.29, 1.82) is 0 Å². The highest BCUT2D eigenvalue weighted by atomic mass is 16.6. The Hall–Kier alpha value is -4.02. The Bertz CT molecular complexity index is 1230. The average Bonchev–Trinajstić information content (AvgIpc) is 3.14. The Balaban J connectivity index is 1.26. The Kier molecular flexibility index (Phi) is 6.48. The highest BCUT2D eigenvalue weighted by molar-refractivity contribution is 5.80. The Morgan fingerprint density at radius 2 is 1.79 bits per heavy atom. The zero-order valence-electron chi connectivity index (χ0n) is 17.9. The second kappa shape index (κ2) is 9.63. The molecule has 1 aliphatic rings. The van der Waals surface area contributed by atoms with Crippen molar-refractivity contribution >= 4 is 28.6 Å². The third-order valence-electron chi connectivity index (χ3n) is 5.68. The molecule has 0 unspecified atom stereocenters. The number of hydrogen-bond acceptors (Lipinski definition) is 7. The van der Waals surface area contributed by atoms with Gasteiger partial charge in [0.05, 0.1) is 22.9 Å². The van der Waals surface area contributed by atoms with E-state index in [4.69, 9.17) is 4.42 Å². The summed E-state index contributed by atoms with van der Waals surface area (Å²) < 4.78 is 6.48. The fourth-order valence-electron chi connectivity index (χ4n) is 3.90. The molecule has 1 aromatic carbocycles. The quantitative estimate of drug-likeness (QED) is 0.392. The maximum atomic E-state index is 12.6. The summed E-state index contributed by atoms with van der Waals surface area (Å²) in [4.78, 5) is 55.1. The molecule has 1 fully saturated rings. The standard InChI is InChI=1S/C22H23N5O6/c28-20(24-10-12-25(13-11-24)21(29)14-16-4-1-2-8-23-16)5-3-9-26-18-7-6-17(27(31)32)15-19(18)33-22(26)30/h1-2,4,6-8,15H,3,5,9-14H2. The zero-order valence-corrected chi connectivity index (χ0v) is 17.9. The number of fused-ring (bicyclic) bond motifs is 1. The molecular formula is C22H23N5O6. The van der Waals surface area contributed by atoms with Crippen LogP contribution < -0.4 is 5.76 Å². The van der Waals surface area contributed by atoms with Crippen molar-refractivity contribution in [3.63, 3.8) is 0 Å². The van der Waals surface area contributed by atoms with E-state index in [0.717, 1.165) is 5.69 Å². The van der Waals surface area contributed by atoms with Crippen molar-refractivity contribution in [2.75, 3.05) is 26.2 Å². The number of benzene rings is 1. The first-order chi connectivity index (χ1) is 15.9. The molecule has 0 spiro atoms. The fraction of sp³-hybridized carbons (Fsp3) is 0.364. The number of oxazole rings is 1. The maximum Gasteiger partial charge on any atom is 0.419 e. The molecule has 1 aliphatic heterocycles. The molecule has 2 aromatic heterocycles. The number of piperazine rings is 1. The van der Waals surface area contributed by atoms with E-state index in [-0.39, 0.29) is 42.5 Å². The van der Waals surface area contributed by atoms with Gasteiger partial charge in [-0.1, -0.05) is 6.07 Å². The lowest BCUT2D eigenvalue weighted by Gasteiger charge is -2.35. The van der Waals surface area contributed by atoms with Gasteiger partial charge in [-0.25, -0.2) is 4.79 Å². The van der Waals surface area contributed by atoms with E-state index in [9.17, 15) is 24.5 Å². The summed E-state index contributed by atoms with van der Waals surface area (Å²) in [6, 6.07) is 9.46. The summed E-state index contributed by atoms with van der Waals surface area (Å²) in [7, 11) is 0. The predicted octanol–water partition coefficient (Wildman–Crippen LogP) is 1.59. The monoisotopic (exact) mass is 453 g/mol. The Morgan fingerprint density at radius 1 is 1.06 bits per heavy atom. The molecule has 0 radical (unpaired) electrons. The van der Waals surface area contributed by atoms with E-state index in [0.29, 0.717) is 38.1 Å². The van der Waals surface area contributed by atoms with Crippen molar-refractivity contribution < 1.29 is 18.9 Å². The average molecular weight is 453 g/mol. The number of amides is 2. The first-order valence-electron chi connectivity index (χ1n) is 10.7. The maximum absolute atomic E-state index is 12.6. The second-order valence-corrected chi connectivity index (χ2v) is 7.79. The molecule has 172 valence electrons. The lowest BCUT2D eigenvalue weighted by Crippen LogP contribution is -2.51. The lowest BCUT2D eigenvalue weighted by atomic mass is 10.2. The van der Waals surface area contributed by atoms with Gasteiger partial charge < -0.3 is 14.2 Å². The van der Waals surface area contributed by atoms with Crippen molar-refractivity contribution in [3.8, 4) is 0 Å². The summed E-state index contributed by atoms with van der Waals surface area (Å²) in [5.41, 5.74) is 1.17. The number of aromatic nitrogens is 2. The van der Waals surface area contributed by atoms with Crippen LogP contribution in [0, 0.1) is 10.1 Å². The van der Waals surface area contributed by atoms with Crippen LogP contribution in [0.25, 0.3) is 11.1 Å². The summed E-state index contributed by atoms with van der Waals surface area (Å²) >= 11 is 0. The summed E-state index contributed by atoms with van der Waals surface area (Å²) in [6.45, 7) is 2.14.